The quantitative estimate of drug-likeness (QED) is 0.317. The van der Waals surface area contributed by atoms with Gasteiger partial charge in [-0.1, -0.05) is 6.07 Å². The molecule has 0 bridgehead atoms. The van der Waals surface area contributed by atoms with Gasteiger partial charge in [0.05, 0.1) is 11.7 Å². The van der Waals surface area contributed by atoms with Crippen LogP contribution in [0.5, 0.6) is 0 Å². The molecule has 1 aliphatic rings. The number of pyridine rings is 1. The predicted molar refractivity (Wildman–Crippen MR) is 137 cm³/mol. The van der Waals surface area contributed by atoms with E-state index in [1.807, 2.05) is 18.4 Å². The van der Waals surface area contributed by atoms with Crippen LogP contribution in [0.25, 0.3) is 22.3 Å². The lowest BCUT2D eigenvalue weighted by Crippen LogP contribution is -2.49. The summed E-state index contributed by atoms with van der Waals surface area (Å²) in [6, 6.07) is 3.73. The van der Waals surface area contributed by atoms with E-state index in [1.165, 1.54) is 17.0 Å². The zero-order valence-electron chi connectivity index (χ0n) is 21.5. The minimum atomic E-state index is -4.47. The van der Waals surface area contributed by atoms with E-state index in [-0.39, 0.29) is 53.2 Å². The van der Waals surface area contributed by atoms with Crippen molar-refractivity contribution in [2.24, 2.45) is 0 Å². The number of fused-ring (bicyclic) bond motifs is 1. The van der Waals surface area contributed by atoms with Crippen LogP contribution in [-0.2, 0) is 0 Å². The second-order valence-corrected chi connectivity index (χ2v) is 9.67. The molecule has 1 unspecified atom stereocenters. The lowest BCUT2D eigenvalue weighted by Gasteiger charge is -2.36. The highest BCUT2D eigenvalue weighted by Gasteiger charge is 2.45. The third-order valence-electron chi connectivity index (χ3n) is 6.63. The topological polar surface area (TPSA) is 83.8 Å². The van der Waals surface area contributed by atoms with E-state index in [4.69, 9.17) is 0 Å². The van der Waals surface area contributed by atoms with Crippen LogP contribution in [0.3, 0.4) is 0 Å². The number of benzene rings is 1. The summed E-state index contributed by atoms with van der Waals surface area (Å²) < 4.78 is 73.2. The number of hydrogen-bond donors (Lipinski definition) is 2. The Morgan fingerprint density at radius 1 is 0.974 bits per heavy atom. The smallest absolute Gasteiger partial charge is 0.326 e. The minimum absolute atomic E-state index is 0.00491. The van der Waals surface area contributed by atoms with Crippen molar-refractivity contribution in [1.29, 1.82) is 0 Å². The molecule has 0 radical (unpaired) electrons. The first kappa shape index (κ1) is 26.9. The Bertz CT molecular complexity index is 1480. The van der Waals surface area contributed by atoms with Gasteiger partial charge in [-0.05, 0) is 44.5 Å². The first-order valence-corrected chi connectivity index (χ1v) is 12.5. The molecule has 0 saturated carbocycles. The van der Waals surface area contributed by atoms with Gasteiger partial charge in [-0.15, -0.1) is 0 Å². The van der Waals surface area contributed by atoms with Crippen molar-refractivity contribution in [1.82, 2.24) is 34.7 Å². The lowest BCUT2D eigenvalue weighted by atomic mass is 10.1. The Labute approximate surface area is 221 Å². The first-order chi connectivity index (χ1) is 18.5. The van der Waals surface area contributed by atoms with Gasteiger partial charge in [0, 0.05) is 44.0 Å². The molecule has 2 N–H and O–H groups in total. The molecule has 39 heavy (non-hydrogen) atoms. The summed E-state index contributed by atoms with van der Waals surface area (Å²) in [5.74, 6) is -0.624. The van der Waals surface area contributed by atoms with Gasteiger partial charge in [-0.25, -0.2) is 28.7 Å². The fraction of sp³-hybridized carbons (Fsp3) is 0.385. The summed E-state index contributed by atoms with van der Waals surface area (Å²) in [5, 5.41) is 5.84. The van der Waals surface area contributed by atoms with E-state index >= 15 is 0 Å². The Balaban J connectivity index is 1.43. The van der Waals surface area contributed by atoms with Crippen molar-refractivity contribution >= 4 is 22.8 Å². The molecule has 5 rings (SSSR count). The van der Waals surface area contributed by atoms with Crippen LogP contribution in [0.15, 0.2) is 36.7 Å². The largest absolute Gasteiger partial charge is 0.408 e. The van der Waals surface area contributed by atoms with Gasteiger partial charge >= 0.3 is 6.18 Å². The molecule has 1 aliphatic heterocycles. The van der Waals surface area contributed by atoms with Crippen molar-refractivity contribution in [3.63, 3.8) is 0 Å². The van der Waals surface area contributed by atoms with Crippen LogP contribution in [-0.4, -0.2) is 61.8 Å². The van der Waals surface area contributed by atoms with E-state index in [0.717, 1.165) is 18.5 Å². The number of imidazole rings is 1. The van der Waals surface area contributed by atoms with Crippen molar-refractivity contribution in [2.45, 2.75) is 39.0 Å². The lowest BCUT2D eigenvalue weighted by molar-refractivity contribution is -0.188. The zero-order chi connectivity index (χ0) is 27.9. The number of rotatable bonds is 6. The van der Waals surface area contributed by atoms with Gasteiger partial charge in [-0.2, -0.15) is 13.2 Å². The Morgan fingerprint density at radius 2 is 1.72 bits per heavy atom. The third-order valence-corrected chi connectivity index (χ3v) is 6.63. The van der Waals surface area contributed by atoms with Gasteiger partial charge in [-0.3, -0.25) is 4.90 Å². The normalized spacial score (nSPS) is 15.7. The maximum Gasteiger partial charge on any atom is 0.408 e. The summed E-state index contributed by atoms with van der Waals surface area (Å²) in [6.07, 6.45) is -2.37. The molecule has 1 atom stereocenters. The highest BCUT2D eigenvalue weighted by atomic mass is 19.4. The van der Waals surface area contributed by atoms with Gasteiger partial charge in [0.2, 0.25) is 5.95 Å². The maximum absolute atomic E-state index is 14.9. The molecule has 0 amide bonds. The van der Waals surface area contributed by atoms with Crippen molar-refractivity contribution in [3.8, 4) is 11.3 Å². The Kier molecular flexibility index (Phi) is 7.21. The maximum atomic E-state index is 14.9. The van der Waals surface area contributed by atoms with Gasteiger partial charge in [0.1, 0.15) is 28.9 Å². The Hall–Kier alpha value is -3.71. The molecule has 206 valence electrons. The average molecular weight is 547 g/mol. The van der Waals surface area contributed by atoms with Crippen LogP contribution < -0.4 is 10.6 Å². The van der Waals surface area contributed by atoms with Crippen molar-refractivity contribution < 1.29 is 22.0 Å². The molecule has 1 aromatic carbocycles. The van der Waals surface area contributed by atoms with Crippen LogP contribution >= 0.6 is 0 Å². The molecule has 4 heterocycles. The number of hydrogen-bond acceptors (Lipinski definition) is 7. The number of alkyl halides is 3. The summed E-state index contributed by atoms with van der Waals surface area (Å²) in [5.41, 5.74) is 0.745. The van der Waals surface area contributed by atoms with Gasteiger partial charge < -0.3 is 15.2 Å². The number of anilines is 2. The average Bonchev–Trinajstić information content (AvgIpc) is 3.23. The van der Waals surface area contributed by atoms with Crippen molar-refractivity contribution in [2.75, 3.05) is 31.5 Å². The SMILES string of the molecule is Cc1nc2c(F)cc(-c3nc(Nc4ccc(C(N5CCNCC5)C(F)(F)F)cn4)ncc3F)cc2n1C(C)C. The zero-order valence-corrected chi connectivity index (χ0v) is 21.5. The van der Waals surface area contributed by atoms with E-state index in [1.54, 1.807) is 13.0 Å². The summed E-state index contributed by atoms with van der Waals surface area (Å²) in [7, 11) is 0. The summed E-state index contributed by atoms with van der Waals surface area (Å²) in [4.78, 5) is 17.9. The third kappa shape index (κ3) is 5.41. The standard InChI is InChI=1S/C26H27F5N8/c1-14(2)39-15(3)35-23-18(27)10-17(11-20(23)39)22-19(28)13-34-25(37-22)36-21-5-4-16(12-33-21)24(26(29,30)31)38-8-6-32-7-9-38/h4-5,10-14,24,32H,6-9H2,1-3H3,(H,33,34,36,37). The van der Waals surface area contributed by atoms with Crippen molar-refractivity contribution in [3.05, 3.63) is 59.7 Å². The van der Waals surface area contributed by atoms with Gasteiger partial charge in [0.25, 0.3) is 0 Å². The van der Waals surface area contributed by atoms with E-state index < -0.39 is 23.9 Å². The van der Waals surface area contributed by atoms with Crippen LogP contribution in [0.2, 0.25) is 0 Å². The monoisotopic (exact) mass is 546 g/mol. The van der Waals surface area contributed by atoms with Crippen LogP contribution in [0.1, 0.15) is 37.3 Å². The molecular formula is C26H27F5N8. The number of aromatic nitrogens is 5. The highest BCUT2D eigenvalue weighted by Crippen LogP contribution is 2.38. The van der Waals surface area contributed by atoms with E-state index in [0.29, 0.717) is 24.4 Å². The molecule has 0 aliphatic carbocycles. The molecule has 1 saturated heterocycles. The predicted octanol–water partition coefficient (Wildman–Crippen LogP) is 5.31. The number of piperazine rings is 1. The second-order valence-electron chi connectivity index (χ2n) is 9.67. The number of nitrogens with one attached hydrogen (secondary N) is 2. The van der Waals surface area contributed by atoms with E-state index in [9.17, 15) is 22.0 Å². The second kappa shape index (κ2) is 10.5. The molecule has 13 heteroatoms. The molecule has 8 nitrogen and oxygen atoms in total. The fourth-order valence-electron chi connectivity index (χ4n) is 4.99. The number of aryl methyl sites for hydroxylation is 1. The van der Waals surface area contributed by atoms with Gasteiger partial charge in [0.15, 0.2) is 11.6 Å². The molecule has 4 aromatic rings. The highest BCUT2D eigenvalue weighted by molar-refractivity contribution is 5.83. The molecule has 1 fully saturated rings. The number of halogens is 5. The summed E-state index contributed by atoms with van der Waals surface area (Å²) in [6.45, 7) is 7.11. The molecule has 3 aromatic heterocycles. The van der Waals surface area contributed by atoms with Crippen LogP contribution in [0, 0.1) is 18.6 Å². The number of nitrogens with zero attached hydrogens (tertiary/aromatic N) is 6. The fourth-order valence-corrected chi connectivity index (χ4v) is 4.99. The molecular weight excluding hydrogens is 519 g/mol. The van der Waals surface area contributed by atoms with Crippen LogP contribution in [0.4, 0.5) is 33.7 Å². The Morgan fingerprint density at radius 3 is 2.36 bits per heavy atom. The minimum Gasteiger partial charge on any atom is -0.326 e. The van der Waals surface area contributed by atoms with E-state index in [2.05, 4.69) is 30.6 Å². The first-order valence-electron chi connectivity index (χ1n) is 12.5. The molecule has 0 spiro atoms. The summed E-state index contributed by atoms with van der Waals surface area (Å²) >= 11 is 0.